The van der Waals surface area contributed by atoms with Crippen LogP contribution in [0.5, 0.6) is 11.5 Å². The number of nitriles is 1. The van der Waals surface area contributed by atoms with E-state index in [1.165, 1.54) is 5.56 Å². The van der Waals surface area contributed by atoms with Crippen LogP contribution in [-0.4, -0.2) is 67.7 Å². The lowest BCUT2D eigenvalue weighted by Crippen LogP contribution is -2.37. The molecule has 2 aromatic rings. The van der Waals surface area contributed by atoms with E-state index in [0.717, 1.165) is 39.1 Å². The van der Waals surface area contributed by atoms with Gasteiger partial charge in [0.1, 0.15) is 13.2 Å². The molecule has 0 unspecified atom stereocenters. The van der Waals surface area contributed by atoms with Crippen molar-refractivity contribution in [3.05, 3.63) is 53.6 Å². The lowest BCUT2D eigenvalue weighted by Gasteiger charge is -2.21. The smallest absolute Gasteiger partial charge is 0.325 e. The van der Waals surface area contributed by atoms with E-state index in [-0.39, 0.29) is 12.3 Å². The highest BCUT2D eigenvalue weighted by Gasteiger charge is 2.17. The second kappa shape index (κ2) is 11.5. The normalized spacial score (nSPS) is 16.2. The molecule has 4 rings (SSSR count). The summed E-state index contributed by atoms with van der Waals surface area (Å²) in [5, 5.41) is 14.0. The lowest BCUT2D eigenvalue weighted by molar-refractivity contribution is -0.120. The van der Waals surface area contributed by atoms with Gasteiger partial charge in [0.2, 0.25) is 5.91 Å². The van der Waals surface area contributed by atoms with E-state index < -0.39 is 6.03 Å². The minimum atomic E-state index is -0.564. The fourth-order valence-corrected chi connectivity index (χ4v) is 4.08. The highest BCUT2D eigenvalue weighted by Crippen LogP contribution is 2.32. The maximum atomic E-state index is 12.3. The quantitative estimate of drug-likeness (QED) is 0.678. The van der Waals surface area contributed by atoms with Crippen LogP contribution in [0.4, 0.5) is 10.5 Å². The Hall–Kier alpha value is -3.61. The minimum absolute atomic E-state index is 0.254. The Morgan fingerprint density at radius 3 is 2.47 bits per heavy atom. The first-order valence-corrected chi connectivity index (χ1v) is 11.5. The predicted molar refractivity (Wildman–Crippen MR) is 127 cm³/mol. The van der Waals surface area contributed by atoms with Crippen molar-refractivity contribution < 1.29 is 19.1 Å². The van der Waals surface area contributed by atoms with Gasteiger partial charge in [-0.3, -0.25) is 15.0 Å². The number of hydrogen-bond donors (Lipinski definition) is 2. The van der Waals surface area contributed by atoms with Crippen molar-refractivity contribution >= 4 is 17.6 Å². The maximum absolute atomic E-state index is 12.3. The van der Waals surface area contributed by atoms with Gasteiger partial charge in [-0.1, -0.05) is 12.1 Å². The minimum Gasteiger partial charge on any atom is -0.486 e. The van der Waals surface area contributed by atoms with E-state index in [1.807, 2.05) is 24.3 Å². The molecule has 2 aliphatic heterocycles. The van der Waals surface area contributed by atoms with Gasteiger partial charge in [0.05, 0.1) is 11.6 Å². The van der Waals surface area contributed by atoms with Crippen molar-refractivity contribution in [3.8, 4) is 17.6 Å². The van der Waals surface area contributed by atoms with Crippen LogP contribution in [0, 0.1) is 11.3 Å². The summed E-state index contributed by atoms with van der Waals surface area (Å²) < 4.78 is 11.0. The van der Waals surface area contributed by atoms with E-state index in [2.05, 4.69) is 26.5 Å². The average molecular weight is 464 g/mol. The van der Waals surface area contributed by atoms with Crippen LogP contribution in [0.2, 0.25) is 0 Å². The molecule has 2 N–H and O–H groups in total. The Kier molecular flexibility index (Phi) is 7.96. The topological polar surface area (TPSA) is 107 Å². The number of benzene rings is 2. The third kappa shape index (κ3) is 6.70. The molecular weight excluding hydrogens is 434 g/mol. The van der Waals surface area contributed by atoms with Crippen molar-refractivity contribution in [1.82, 2.24) is 15.1 Å². The van der Waals surface area contributed by atoms with Crippen molar-refractivity contribution in [2.75, 3.05) is 51.3 Å². The van der Waals surface area contributed by atoms with Gasteiger partial charge in [0, 0.05) is 44.4 Å². The molecule has 9 nitrogen and oxygen atoms in total. The molecule has 34 heavy (non-hydrogen) atoms. The molecule has 2 aliphatic rings. The van der Waals surface area contributed by atoms with Crippen LogP contribution < -0.4 is 20.1 Å². The lowest BCUT2D eigenvalue weighted by atomic mass is 10.1. The second-order valence-electron chi connectivity index (χ2n) is 8.39. The van der Waals surface area contributed by atoms with Crippen molar-refractivity contribution in [2.45, 2.75) is 19.4 Å². The molecule has 0 aromatic heterocycles. The van der Waals surface area contributed by atoms with Crippen LogP contribution in [0.15, 0.2) is 42.5 Å². The van der Waals surface area contributed by atoms with Crippen LogP contribution in [-0.2, 0) is 11.3 Å². The van der Waals surface area contributed by atoms with E-state index >= 15 is 0 Å². The molecule has 0 radical (unpaired) electrons. The molecule has 3 amide bonds. The fraction of sp³-hybridized carbons (Fsp3) is 0.400. The third-order valence-corrected chi connectivity index (χ3v) is 5.88. The number of hydrogen-bond acceptors (Lipinski definition) is 7. The van der Waals surface area contributed by atoms with Gasteiger partial charge in [-0.25, -0.2) is 4.79 Å². The average Bonchev–Trinajstić information content (AvgIpc) is 3.08. The standard InChI is InChI=1S/C25H29N5O4/c26-17-19-2-4-20(5-3-19)18-30-10-1-9-29(12-13-30)11-8-24(31)28-25(32)27-21-6-7-22-23(16-21)34-15-14-33-22/h2-7,16H,1,8-15,18H2,(H2,27,28,31,32). The number of anilines is 1. The van der Waals surface area contributed by atoms with Gasteiger partial charge in [-0.15, -0.1) is 0 Å². The predicted octanol–water partition coefficient (Wildman–Crippen LogP) is 2.58. The second-order valence-corrected chi connectivity index (χ2v) is 8.39. The molecule has 1 saturated heterocycles. The first-order valence-electron chi connectivity index (χ1n) is 11.5. The maximum Gasteiger partial charge on any atom is 0.325 e. The first-order chi connectivity index (χ1) is 16.6. The van der Waals surface area contributed by atoms with Crippen LogP contribution in [0.25, 0.3) is 0 Å². The van der Waals surface area contributed by atoms with E-state index in [1.54, 1.807) is 18.2 Å². The Morgan fingerprint density at radius 1 is 0.941 bits per heavy atom. The SMILES string of the molecule is N#Cc1ccc(CN2CCCN(CCC(=O)NC(=O)Nc3ccc4c(c3)OCCO4)CC2)cc1. The number of amides is 3. The molecule has 9 heteroatoms. The number of imide groups is 1. The zero-order valence-electron chi connectivity index (χ0n) is 19.1. The largest absolute Gasteiger partial charge is 0.486 e. The van der Waals surface area contributed by atoms with E-state index in [9.17, 15) is 9.59 Å². The molecule has 178 valence electrons. The van der Waals surface area contributed by atoms with Gasteiger partial charge in [0.15, 0.2) is 11.5 Å². The van der Waals surface area contributed by atoms with Gasteiger partial charge in [-0.2, -0.15) is 5.26 Å². The third-order valence-electron chi connectivity index (χ3n) is 5.88. The van der Waals surface area contributed by atoms with Gasteiger partial charge >= 0.3 is 6.03 Å². The number of nitrogens with zero attached hydrogens (tertiary/aromatic N) is 3. The summed E-state index contributed by atoms with van der Waals surface area (Å²) in [4.78, 5) is 29.1. The highest BCUT2D eigenvalue weighted by molar-refractivity contribution is 6.01. The van der Waals surface area contributed by atoms with E-state index in [4.69, 9.17) is 14.7 Å². The van der Waals surface area contributed by atoms with Gasteiger partial charge in [-0.05, 0) is 49.3 Å². The number of carbonyl (C=O) groups is 2. The van der Waals surface area contributed by atoms with E-state index in [0.29, 0.717) is 42.5 Å². The molecule has 1 fully saturated rings. The van der Waals surface area contributed by atoms with Crippen LogP contribution in [0.3, 0.4) is 0 Å². The Balaban J connectivity index is 1.17. The fourth-order valence-electron chi connectivity index (χ4n) is 4.08. The molecule has 2 heterocycles. The Morgan fingerprint density at radius 2 is 1.68 bits per heavy atom. The molecule has 0 spiro atoms. The van der Waals surface area contributed by atoms with Crippen molar-refractivity contribution in [1.29, 1.82) is 5.26 Å². The zero-order chi connectivity index (χ0) is 23.8. The Labute approximate surface area is 199 Å². The Bertz CT molecular complexity index is 1050. The molecule has 2 aromatic carbocycles. The van der Waals surface area contributed by atoms with Gasteiger partial charge in [0.25, 0.3) is 0 Å². The molecule has 0 saturated carbocycles. The van der Waals surface area contributed by atoms with Crippen LogP contribution >= 0.6 is 0 Å². The number of carbonyl (C=O) groups excluding carboxylic acids is 2. The summed E-state index contributed by atoms with van der Waals surface area (Å²) in [7, 11) is 0. The van der Waals surface area contributed by atoms with Crippen molar-refractivity contribution in [3.63, 3.8) is 0 Å². The summed E-state index contributed by atoms with van der Waals surface area (Å²) in [5.41, 5.74) is 2.39. The summed E-state index contributed by atoms with van der Waals surface area (Å²) in [5.74, 6) is 0.902. The summed E-state index contributed by atoms with van der Waals surface area (Å²) in [6, 6.07) is 14.4. The molecule has 0 aliphatic carbocycles. The summed E-state index contributed by atoms with van der Waals surface area (Å²) >= 11 is 0. The summed E-state index contributed by atoms with van der Waals surface area (Å²) in [6.07, 6.45) is 1.27. The number of ether oxygens (including phenoxy) is 2. The van der Waals surface area contributed by atoms with Crippen molar-refractivity contribution in [2.24, 2.45) is 0 Å². The molecular formula is C25H29N5O4. The number of urea groups is 1. The highest BCUT2D eigenvalue weighted by atomic mass is 16.6. The summed E-state index contributed by atoms with van der Waals surface area (Å²) in [6.45, 7) is 6.10. The molecule has 0 atom stereocenters. The number of rotatable bonds is 6. The monoisotopic (exact) mass is 463 g/mol. The zero-order valence-corrected chi connectivity index (χ0v) is 19.1. The van der Waals surface area contributed by atoms with Crippen LogP contribution in [0.1, 0.15) is 24.0 Å². The number of fused-ring (bicyclic) bond motifs is 1. The first kappa shape index (κ1) is 23.5. The molecule has 0 bridgehead atoms. The van der Waals surface area contributed by atoms with Gasteiger partial charge < -0.3 is 19.7 Å². The number of nitrogens with one attached hydrogen (secondary N) is 2.